The number of aromatic nitrogens is 1. The summed E-state index contributed by atoms with van der Waals surface area (Å²) < 4.78 is 0. The summed E-state index contributed by atoms with van der Waals surface area (Å²) in [5, 5.41) is 3.35. The topological polar surface area (TPSA) is 91.6 Å². The van der Waals surface area contributed by atoms with Crippen LogP contribution in [0.3, 0.4) is 0 Å². The number of hydrogen-bond acceptors (Lipinski definition) is 5. The van der Waals surface area contributed by atoms with E-state index in [1.54, 1.807) is 24.5 Å². The highest BCUT2D eigenvalue weighted by Crippen LogP contribution is 2.35. The number of nitrogens with zero attached hydrogens (tertiary/aromatic N) is 3. The lowest BCUT2D eigenvalue weighted by atomic mass is 9.88. The molecule has 0 unspecified atom stereocenters. The van der Waals surface area contributed by atoms with Crippen LogP contribution in [0.1, 0.15) is 74.2 Å². The average Bonchev–Trinajstić information content (AvgIpc) is 3.04. The number of hydrogen-bond donors (Lipinski definition) is 2. The van der Waals surface area contributed by atoms with E-state index >= 15 is 0 Å². The third-order valence-corrected chi connectivity index (χ3v) is 8.82. The minimum Gasteiger partial charge on any atom is -0.370 e. The van der Waals surface area contributed by atoms with Gasteiger partial charge in [0.15, 0.2) is 0 Å². The molecule has 0 atom stereocenters. The molecule has 222 valence electrons. The van der Waals surface area contributed by atoms with Crippen LogP contribution in [0.25, 0.3) is 11.1 Å². The minimum atomic E-state index is -0.0464. The molecule has 2 amide bonds. The monoisotopic (exact) mass is 567 g/mol. The van der Waals surface area contributed by atoms with Gasteiger partial charge in [0, 0.05) is 44.5 Å². The summed E-state index contributed by atoms with van der Waals surface area (Å²) in [6.45, 7) is 5.92. The highest BCUT2D eigenvalue weighted by atomic mass is 16.2. The summed E-state index contributed by atoms with van der Waals surface area (Å²) in [5.74, 6) is 0.932. The Morgan fingerprint density at radius 3 is 2.50 bits per heavy atom. The van der Waals surface area contributed by atoms with E-state index < -0.39 is 0 Å². The maximum absolute atomic E-state index is 13.4. The van der Waals surface area contributed by atoms with Crippen LogP contribution in [0.2, 0.25) is 0 Å². The van der Waals surface area contributed by atoms with Gasteiger partial charge in [-0.2, -0.15) is 0 Å². The van der Waals surface area contributed by atoms with Gasteiger partial charge in [0.1, 0.15) is 0 Å². The van der Waals surface area contributed by atoms with Gasteiger partial charge in [-0.25, -0.2) is 0 Å². The molecule has 1 saturated carbocycles. The standard InChI is InChI=1S/C35H45N5O2/c1-26-15-20-39(21-16-26)33-14-13-30(23-32(33)38-34(41)28-9-3-2-4-10-28)29-11-5-8-27(22-29)25-40(19-7-17-36)35(42)31-12-6-18-37-24-31/h5-6,8,11-14,18,22-24,26,28H,2-4,7,9-10,15-17,19-21,25,36H2,1H3,(H,38,41). The largest absolute Gasteiger partial charge is 0.370 e. The third kappa shape index (κ3) is 7.57. The molecule has 0 bridgehead atoms. The maximum Gasteiger partial charge on any atom is 0.255 e. The van der Waals surface area contributed by atoms with E-state index in [1.165, 1.54) is 6.42 Å². The summed E-state index contributed by atoms with van der Waals surface area (Å²) in [4.78, 5) is 35.1. The molecule has 0 radical (unpaired) electrons. The van der Waals surface area contributed by atoms with Crippen molar-refractivity contribution < 1.29 is 9.59 Å². The molecular weight excluding hydrogens is 522 g/mol. The lowest BCUT2D eigenvalue weighted by Crippen LogP contribution is -2.34. The molecule has 2 aromatic carbocycles. The Morgan fingerprint density at radius 1 is 0.976 bits per heavy atom. The SMILES string of the molecule is CC1CCN(c2ccc(-c3cccc(CN(CCCN)C(=O)c4cccnc4)c3)cc2NC(=O)C2CCCCC2)CC1. The number of rotatable bonds is 10. The zero-order valence-electron chi connectivity index (χ0n) is 24.9. The Hall–Kier alpha value is -3.71. The van der Waals surface area contributed by atoms with E-state index in [4.69, 9.17) is 5.73 Å². The van der Waals surface area contributed by atoms with Gasteiger partial charge >= 0.3 is 0 Å². The van der Waals surface area contributed by atoms with Crippen LogP contribution in [-0.4, -0.2) is 47.9 Å². The van der Waals surface area contributed by atoms with E-state index in [-0.39, 0.29) is 17.7 Å². The maximum atomic E-state index is 13.4. The Kier molecular flexibility index (Phi) is 10.2. The van der Waals surface area contributed by atoms with E-state index in [9.17, 15) is 9.59 Å². The molecule has 5 rings (SSSR count). The summed E-state index contributed by atoms with van der Waals surface area (Å²) in [6.07, 6.45) is 11.8. The van der Waals surface area contributed by atoms with Crippen LogP contribution in [0.5, 0.6) is 0 Å². The molecule has 2 heterocycles. The number of anilines is 2. The second-order valence-electron chi connectivity index (χ2n) is 12.0. The number of benzene rings is 2. The molecule has 1 aromatic heterocycles. The van der Waals surface area contributed by atoms with Gasteiger partial charge in [0.2, 0.25) is 5.91 Å². The van der Waals surface area contributed by atoms with Crippen LogP contribution in [0, 0.1) is 11.8 Å². The smallest absolute Gasteiger partial charge is 0.255 e. The van der Waals surface area contributed by atoms with Gasteiger partial charge in [-0.15, -0.1) is 0 Å². The predicted octanol–water partition coefficient (Wildman–Crippen LogP) is 6.49. The molecule has 1 aliphatic heterocycles. The van der Waals surface area contributed by atoms with Crippen molar-refractivity contribution in [3.05, 3.63) is 78.1 Å². The van der Waals surface area contributed by atoms with Crippen molar-refractivity contribution in [2.24, 2.45) is 17.6 Å². The molecule has 2 fully saturated rings. The first-order chi connectivity index (χ1) is 20.5. The summed E-state index contributed by atoms with van der Waals surface area (Å²) in [7, 11) is 0. The first kappa shape index (κ1) is 29.8. The van der Waals surface area contributed by atoms with Crippen molar-refractivity contribution in [3.63, 3.8) is 0 Å². The Balaban J connectivity index is 1.40. The number of carbonyl (C=O) groups is 2. The molecule has 3 aromatic rings. The van der Waals surface area contributed by atoms with Gasteiger partial charge in [0.25, 0.3) is 5.91 Å². The highest BCUT2D eigenvalue weighted by molar-refractivity contribution is 5.97. The van der Waals surface area contributed by atoms with Crippen LogP contribution in [0.4, 0.5) is 11.4 Å². The van der Waals surface area contributed by atoms with Crippen molar-refractivity contribution in [1.82, 2.24) is 9.88 Å². The van der Waals surface area contributed by atoms with Gasteiger partial charge < -0.3 is 20.9 Å². The first-order valence-corrected chi connectivity index (χ1v) is 15.7. The van der Waals surface area contributed by atoms with Crippen LogP contribution >= 0.6 is 0 Å². The van der Waals surface area contributed by atoms with Crippen molar-refractivity contribution in [1.29, 1.82) is 0 Å². The fourth-order valence-electron chi connectivity index (χ4n) is 6.22. The fraction of sp³-hybridized carbons (Fsp3) is 0.457. The normalized spacial score (nSPS) is 16.3. The van der Waals surface area contributed by atoms with Gasteiger partial charge in [-0.1, -0.05) is 50.5 Å². The molecular formula is C35H45N5O2. The Labute approximate surface area is 250 Å². The third-order valence-electron chi connectivity index (χ3n) is 8.82. The molecule has 7 heteroatoms. The van der Waals surface area contributed by atoms with Crippen molar-refractivity contribution in [3.8, 4) is 11.1 Å². The van der Waals surface area contributed by atoms with Crippen molar-refractivity contribution in [2.45, 2.75) is 64.8 Å². The molecule has 2 aliphatic rings. The van der Waals surface area contributed by atoms with Crippen LogP contribution in [0.15, 0.2) is 67.0 Å². The second-order valence-corrected chi connectivity index (χ2v) is 12.0. The number of piperidine rings is 1. The molecule has 3 N–H and O–H groups in total. The van der Waals surface area contributed by atoms with E-state index in [0.717, 1.165) is 92.0 Å². The first-order valence-electron chi connectivity index (χ1n) is 15.7. The second kappa shape index (κ2) is 14.5. The number of pyridine rings is 1. The Bertz CT molecular complexity index is 1330. The van der Waals surface area contributed by atoms with Gasteiger partial charge in [-0.3, -0.25) is 14.6 Å². The summed E-state index contributed by atoms with van der Waals surface area (Å²) in [6, 6.07) is 18.4. The number of carbonyl (C=O) groups excluding carboxylic acids is 2. The van der Waals surface area contributed by atoms with E-state index in [0.29, 0.717) is 25.2 Å². The highest BCUT2D eigenvalue weighted by Gasteiger charge is 2.24. The van der Waals surface area contributed by atoms with Gasteiger partial charge in [0.05, 0.1) is 16.9 Å². The molecule has 1 saturated heterocycles. The van der Waals surface area contributed by atoms with Gasteiger partial charge in [-0.05, 0) is 91.6 Å². The lowest BCUT2D eigenvalue weighted by molar-refractivity contribution is -0.120. The number of amides is 2. The molecule has 7 nitrogen and oxygen atoms in total. The fourth-order valence-corrected chi connectivity index (χ4v) is 6.22. The number of nitrogens with two attached hydrogens (primary N) is 1. The Morgan fingerprint density at radius 2 is 1.76 bits per heavy atom. The summed E-state index contributed by atoms with van der Waals surface area (Å²) in [5.41, 5.74) is 11.5. The zero-order valence-corrected chi connectivity index (χ0v) is 24.9. The number of nitrogens with one attached hydrogen (secondary N) is 1. The predicted molar refractivity (Wildman–Crippen MR) is 170 cm³/mol. The summed E-state index contributed by atoms with van der Waals surface area (Å²) >= 11 is 0. The van der Waals surface area contributed by atoms with E-state index in [1.807, 2.05) is 11.0 Å². The van der Waals surface area contributed by atoms with Crippen molar-refractivity contribution >= 4 is 23.2 Å². The minimum absolute atomic E-state index is 0.0464. The lowest BCUT2D eigenvalue weighted by Gasteiger charge is -2.34. The molecule has 1 aliphatic carbocycles. The van der Waals surface area contributed by atoms with E-state index in [2.05, 4.69) is 58.5 Å². The van der Waals surface area contributed by atoms with Crippen LogP contribution < -0.4 is 16.0 Å². The average molecular weight is 568 g/mol. The molecule has 0 spiro atoms. The quantitative estimate of drug-likeness (QED) is 0.292. The zero-order chi connectivity index (χ0) is 29.3. The molecule has 42 heavy (non-hydrogen) atoms. The van der Waals surface area contributed by atoms with Crippen molar-refractivity contribution in [2.75, 3.05) is 36.4 Å². The van der Waals surface area contributed by atoms with Crippen LogP contribution in [-0.2, 0) is 11.3 Å².